The Labute approximate surface area is 135 Å². The summed E-state index contributed by atoms with van der Waals surface area (Å²) in [6, 6.07) is 14.0. The van der Waals surface area contributed by atoms with Crippen molar-refractivity contribution in [2.75, 3.05) is 27.7 Å². The summed E-state index contributed by atoms with van der Waals surface area (Å²) < 4.78 is 25.0. The summed E-state index contributed by atoms with van der Waals surface area (Å²) in [5.41, 5.74) is 2.83. The predicted molar refractivity (Wildman–Crippen MR) is 91.4 cm³/mol. The van der Waals surface area contributed by atoms with E-state index < -0.39 is 10.0 Å². The molecule has 7 heteroatoms. The molecule has 0 spiro atoms. The first kappa shape index (κ1) is 15.4. The molecule has 2 aromatic carbocycles. The molecule has 23 heavy (non-hydrogen) atoms. The number of rotatable bonds is 3. The average Bonchev–Trinajstić information content (AvgIpc) is 2.91. The number of fused-ring (bicyclic) bond motifs is 1. The smallest absolute Gasteiger partial charge is 0.308 e. The lowest BCUT2D eigenvalue weighted by atomic mass is 10.1. The lowest BCUT2D eigenvalue weighted by Gasteiger charge is -2.17. The number of carbonyl (C=O) groups excluding carboxylic acids is 1. The number of nitrogens with zero attached hydrogens (tertiary/aromatic N) is 1. The zero-order valence-electron chi connectivity index (χ0n) is 12.6. The number of sulfonamides is 1. The molecule has 2 aromatic rings. The predicted octanol–water partition coefficient (Wildman–Crippen LogP) is 2.65. The molecule has 0 atom stereocenters. The highest BCUT2D eigenvalue weighted by atomic mass is 32.2. The molecule has 0 unspecified atom stereocenters. The molecule has 2 amide bonds. The van der Waals surface area contributed by atoms with E-state index in [1.807, 2.05) is 24.3 Å². The minimum Gasteiger partial charge on any atom is -0.308 e. The number of nitrogens with one attached hydrogen (secondary N) is 2. The van der Waals surface area contributed by atoms with Crippen molar-refractivity contribution in [3.05, 3.63) is 54.1 Å². The Kier molecular flexibility index (Phi) is 3.96. The first-order valence-corrected chi connectivity index (χ1v) is 9.02. The van der Waals surface area contributed by atoms with Gasteiger partial charge in [0.2, 0.25) is 10.0 Å². The van der Waals surface area contributed by atoms with Gasteiger partial charge in [-0.3, -0.25) is 4.31 Å². The molecule has 0 radical (unpaired) electrons. The molecule has 0 saturated carbocycles. The van der Waals surface area contributed by atoms with E-state index in [4.69, 9.17) is 0 Å². The van der Waals surface area contributed by atoms with E-state index >= 15 is 0 Å². The molecule has 0 aliphatic carbocycles. The number of anilines is 3. The lowest BCUT2D eigenvalue weighted by Crippen LogP contribution is -2.27. The second kappa shape index (κ2) is 5.92. The van der Waals surface area contributed by atoms with Crippen molar-refractivity contribution in [2.24, 2.45) is 0 Å². The maximum absolute atomic E-state index is 12.0. The SMILES string of the molecule is CS(=O)(=O)N1CCc2ccc(NC(=O)Nc3ccccc3)cc21. The molecule has 120 valence electrons. The van der Waals surface area contributed by atoms with Crippen molar-refractivity contribution >= 4 is 33.1 Å². The van der Waals surface area contributed by atoms with Gasteiger partial charge < -0.3 is 10.6 Å². The van der Waals surface area contributed by atoms with Crippen LogP contribution < -0.4 is 14.9 Å². The molecular weight excluding hydrogens is 314 g/mol. The molecule has 0 aromatic heterocycles. The molecule has 6 nitrogen and oxygen atoms in total. The minimum atomic E-state index is -3.30. The van der Waals surface area contributed by atoms with Crippen LogP contribution in [0.2, 0.25) is 0 Å². The van der Waals surface area contributed by atoms with Crippen molar-refractivity contribution in [1.82, 2.24) is 0 Å². The van der Waals surface area contributed by atoms with Gasteiger partial charge in [0.15, 0.2) is 0 Å². The molecule has 0 bridgehead atoms. The van der Waals surface area contributed by atoms with Gasteiger partial charge >= 0.3 is 6.03 Å². The first-order valence-electron chi connectivity index (χ1n) is 7.17. The summed E-state index contributed by atoms with van der Waals surface area (Å²) in [4.78, 5) is 12.0. The van der Waals surface area contributed by atoms with Crippen LogP contribution in [0.1, 0.15) is 5.56 Å². The number of para-hydroxylation sites is 1. The third kappa shape index (κ3) is 3.45. The summed E-state index contributed by atoms with van der Waals surface area (Å²) in [6.07, 6.45) is 1.86. The number of urea groups is 1. The molecule has 0 fully saturated rings. The van der Waals surface area contributed by atoms with Gasteiger partial charge in [0.25, 0.3) is 0 Å². The minimum absolute atomic E-state index is 0.375. The highest BCUT2D eigenvalue weighted by Gasteiger charge is 2.26. The number of amides is 2. The van der Waals surface area contributed by atoms with Gasteiger partial charge in [-0.15, -0.1) is 0 Å². The molecule has 2 N–H and O–H groups in total. The van der Waals surface area contributed by atoms with Crippen LogP contribution in [-0.4, -0.2) is 27.2 Å². The van der Waals surface area contributed by atoms with Gasteiger partial charge in [0.1, 0.15) is 0 Å². The van der Waals surface area contributed by atoms with E-state index in [0.717, 1.165) is 5.56 Å². The van der Waals surface area contributed by atoms with Gasteiger partial charge in [-0.25, -0.2) is 13.2 Å². The Hall–Kier alpha value is -2.54. The Morgan fingerprint density at radius 2 is 1.74 bits per heavy atom. The van der Waals surface area contributed by atoms with Crippen molar-refractivity contribution in [1.29, 1.82) is 0 Å². The Morgan fingerprint density at radius 1 is 1.04 bits per heavy atom. The standard InChI is InChI=1S/C16H17N3O3S/c1-23(21,22)19-10-9-12-7-8-14(11-15(12)19)18-16(20)17-13-5-3-2-4-6-13/h2-8,11H,9-10H2,1H3,(H2,17,18,20). The van der Waals surface area contributed by atoms with Gasteiger partial charge in [0, 0.05) is 17.9 Å². The monoisotopic (exact) mass is 331 g/mol. The molecule has 1 heterocycles. The van der Waals surface area contributed by atoms with Crippen LogP contribution in [0.15, 0.2) is 48.5 Å². The topological polar surface area (TPSA) is 78.5 Å². The van der Waals surface area contributed by atoms with Crippen molar-refractivity contribution < 1.29 is 13.2 Å². The van der Waals surface area contributed by atoms with Gasteiger partial charge in [0.05, 0.1) is 11.9 Å². The highest BCUT2D eigenvalue weighted by Crippen LogP contribution is 2.32. The van der Waals surface area contributed by atoms with Crippen LogP contribution in [0.5, 0.6) is 0 Å². The van der Waals surface area contributed by atoms with E-state index in [-0.39, 0.29) is 6.03 Å². The Balaban J connectivity index is 1.76. The second-order valence-electron chi connectivity index (χ2n) is 5.37. The summed E-state index contributed by atoms with van der Waals surface area (Å²) in [6.45, 7) is 0.438. The summed E-state index contributed by atoms with van der Waals surface area (Å²) in [5.74, 6) is 0. The largest absolute Gasteiger partial charge is 0.323 e. The Morgan fingerprint density at radius 3 is 2.43 bits per heavy atom. The van der Waals surface area contributed by atoms with Crippen molar-refractivity contribution in [2.45, 2.75) is 6.42 Å². The molecular formula is C16H17N3O3S. The second-order valence-corrected chi connectivity index (χ2v) is 7.28. The number of benzene rings is 2. The lowest BCUT2D eigenvalue weighted by molar-refractivity contribution is 0.262. The summed E-state index contributed by atoms with van der Waals surface area (Å²) in [5, 5.41) is 5.44. The fourth-order valence-electron chi connectivity index (χ4n) is 2.59. The van der Waals surface area contributed by atoms with Gasteiger partial charge in [-0.2, -0.15) is 0 Å². The Bertz CT molecular complexity index is 835. The van der Waals surface area contributed by atoms with Gasteiger partial charge in [-0.05, 0) is 36.2 Å². The maximum atomic E-state index is 12.0. The maximum Gasteiger partial charge on any atom is 0.323 e. The van der Waals surface area contributed by atoms with Crippen LogP contribution in [-0.2, 0) is 16.4 Å². The van der Waals surface area contributed by atoms with Crippen LogP contribution in [0.3, 0.4) is 0 Å². The number of hydrogen-bond acceptors (Lipinski definition) is 3. The highest BCUT2D eigenvalue weighted by molar-refractivity contribution is 7.92. The fourth-order valence-corrected chi connectivity index (χ4v) is 3.54. The first-order chi connectivity index (χ1) is 10.9. The normalized spacial score (nSPS) is 13.5. The van der Waals surface area contributed by atoms with Crippen LogP contribution in [0.25, 0.3) is 0 Å². The fraction of sp³-hybridized carbons (Fsp3) is 0.188. The van der Waals surface area contributed by atoms with E-state index in [0.29, 0.717) is 30.0 Å². The third-order valence-corrected chi connectivity index (χ3v) is 4.81. The van der Waals surface area contributed by atoms with Crippen LogP contribution in [0.4, 0.5) is 21.9 Å². The number of hydrogen-bond donors (Lipinski definition) is 2. The average molecular weight is 331 g/mol. The van der Waals surface area contributed by atoms with E-state index in [1.165, 1.54) is 10.6 Å². The van der Waals surface area contributed by atoms with Crippen LogP contribution in [0, 0.1) is 0 Å². The van der Waals surface area contributed by atoms with Crippen molar-refractivity contribution in [3.63, 3.8) is 0 Å². The molecule has 1 aliphatic heterocycles. The zero-order valence-corrected chi connectivity index (χ0v) is 13.4. The molecule has 3 rings (SSSR count). The third-order valence-electron chi connectivity index (χ3n) is 3.63. The van der Waals surface area contributed by atoms with Crippen molar-refractivity contribution in [3.8, 4) is 0 Å². The molecule has 0 saturated heterocycles. The quantitative estimate of drug-likeness (QED) is 0.907. The number of carbonyl (C=O) groups is 1. The van der Waals surface area contributed by atoms with E-state index in [9.17, 15) is 13.2 Å². The van der Waals surface area contributed by atoms with E-state index in [1.54, 1.807) is 24.3 Å². The zero-order chi connectivity index (χ0) is 16.4. The van der Waals surface area contributed by atoms with Crippen LogP contribution >= 0.6 is 0 Å². The molecule has 1 aliphatic rings. The van der Waals surface area contributed by atoms with Gasteiger partial charge in [-0.1, -0.05) is 24.3 Å². The summed E-state index contributed by atoms with van der Waals surface area (Å²) >= 11 is 0. The van der Waals surface area contributed by atoms with E-state index in [2.05, 4.69) is 10.6 Å². The summed E-state index contributed by atoms with van der Waals surface area (Å²) in [7, 11) is -3.30.